The zero-order chi connectivity index (χ0) is 8.27. The van der Waals surface area contributed by atoms with Gasteiger partial charge in [0.2, 0.25) is 0 Å². The lowest BCUT2D eigenvalue weighted by Crippen LogP contribution is -1.94. The Morgan fingerprint density at radius 2 is 2.45 bits per heavy atom. The van der Waals surface area contributed by atoms with E-state index in [0.717, 1.165) is 12.0 Å². The van der Waals surface area contributed by atoms with Gasteiger partial charge in [0.05, 0.1) is 0 Å². The van der Waals surface area contributed by atoms with Crippen molar-refractivity contribution in [2.45, 2.75) is 13.3 Å². The number of rotatable bonds is 2. The minimum absolute atomic E-state index is 0.325. The lowest BCUT2D eigenvalue weighted by atomic mass is 10.2. The van der Waals surface area contributed by atoms with Crippen LogP contribution in [0, 0.1) is 0 Å². The summed E-state index contributed by atoms with van der Waals surface area (Å²) in [4.78, 5) is 14.4. The predicted molar refractivity (Wildman–Crippen MR) is 43.8 cm³/mol. The third-order valence-electron chi connectivity index (χ3n) is 1.43. The van der Waals surface area contributed by atoms with E-state index < -0.39 is 5.24 Å². The molecule has 11 heavy (non-hydrogen) atoms. The second-order valence-corrected chi connectivity index (χ2v) is 2.52. The number of halogens is 1. The molecule has 0 saturated heterocycles. The molecule has 0 amide bonds. The lowest BCUT2D eigenvalue weighted by molar-refractivity contribution is 0.107. The van der Waals surface area contributed by atoms with Crippen LogP contribution < -0.4 is 0 Å². The third kappa shape index (κ3) is 2.02. The average Bonchev–Trinajstić information content (AvgIpc) is 2.05. The van der Waals surface area contributed by atoms with Crippen molar-refractivity contribution in [3.63, 3.8) is 0 Å². The smallest absolute Gasteiger partial charge is 0.270 e. The van der Waals surface area contributed by atoms with Gasteiger partial charge in [-0.15, -0.1) is 0 Å². The van der Waals surface area contributed by atoms with Gasteiger partial charge in [-0.05, 0) is 35.7 Å². The van der Waals surface area contributed by atoms with Crippen LogP contribution in [0.15, 0.2) is 18.3 Å². The lowest BCUT2D eigenvalue weighted by Gasteiger charge is -1.96. The molecule has 3 heteroatoms. The standard InChI is InChI=1S/C8H8ClNO/c1-2-6-3-4-10-7(5-6)8(9)11/h3-5H,2H2,1H3. The molecule has 1 aromatic heterocycles. The number of aryl methyl sites for hydroxylation is 1. The number of carbonyl (C=O) groups is 1. The molecule has 0 N–H and O–H groups in total. The fourth-order valence-corrected chi connectivity index (χ4v) is 0.905. The molecule has 0 bridgehead atoms. The number of aromatic nitrogens is 1. The molecule has 0 spiro atoms. The average molecular weight is 170 g/mol. The van der Waals surface area contributed by atoms with Gasteiger partial charge in [-0.2, -0.15) is 0 Å². The van der Waals surface area contributed by atoms with Gasteiger partial charge in [-0.25, -0.2) is 0 Å². The van der Waals surface area contributed by atoms with Gasteiger partial charge in [0.15, 0.2) is 0 Å². The summed E-state index contributed by atoms with van der Waals surface area (Å²) in [6.45, 7) is 2.01. The van der Waals surface area contributed by atoms with Crippen LogP contribution in [0.25, 0.3) is 0 Å². The van der Waals surface area contributed by atoms with E-state index in [0.29, 0.717) is 5.69 Å². The van der Waals surface area contributed by atoms with Crippen molar-refractivity contribution in [3.05, 3.63) is 29.6 Å². The maximum atomic E-state index is 10.6. The molecule has 2 nitrogen and oxygen atoms in total. The zero-order valence-electron chi connectivity index (χ0n) is 6.17. The van der Waals surface area contributed by atoms with Gasteiger partial charge in [0.1, 0.15) is 5.69 Å². The van der Waals surface area contributed by atoms with Crippen LogP contribution in [0.3, 0.4) is 0 Å². The van der Waals surface area contributed by atoms with E-state index in [1.807, 2.05) is 13.0 Å². The van der Waals surface area contributed by atoms with Crippen LogP contribution >= 0.6 is 11.6 Å². The Morgan fingerprint density at radius 3 is 3.00 bits per heavy atom. The molecule has 1 aromatic rings. The zero-order valence-corrected chi connectivity index (χ0v) is 6.93. The Labute approximate surface area is 70.2 Å². The Kier molecular flexibility index (Phi) is 2.60. The van der Waals surface area contributed by atoms with E-state index in [1.165, 1.54) is 0 Å². The highest BCUT2D eigenvalue weighted by molar-refractivity contribution is 6.67. The van der Waals surface area contributed by atoms with Gasteiger partial charge in [0, 0.05) is 6.20 Å². The monoisotopic (exact) mass is 169 g/mol. The fourth-order valence-electron chi connectivity index (χ4n) is 0.802. The molecule has 0 aromatic carbocycles. The van der Waals surface area contributed by atoms with E-state index in [9.17, 15) is 4.79 Å². The highest BCUT2D eigenvalue weighted by atomic mass is 35.5. The van der Waals surface area contributed by atoms with Crippen molar-refractivity contribution in [2.75, 3.05) is 0 Å². The van der Waals surface area contributed by atoms with E-state index in [2.05, 4.69) is 4.98 Å². The maximum Gasteiger partial charge on any atom is 0.270 e. The van der Waals surface area contributed by atoms with Crippen LogP contribution in [0.4, 0.5) is 0 Å². The first-order valence-electron chi connectivity index (χ1n) is 3.38. The predicted octanol–water partition coefficient (Wildman–Crippen LogP) is 2.02. The molecular weight excluding hydrogens is 162 g/mol. The molecule has 0 aliphatic carbocycles. The summed E-state index contributed by atoms with van der Waals surface area (Å²) in [6.07, 6.45) is 2.48. The minimum atomic E-state index is -0.500. The van der Waals surface area contributed by atoms with Crippen molar-refractivity contribution in [1.82, 2.24) is 4.98 Å². The quantitative estimate of drug-likeness (QED) is 0.634. The van der Waals surface area contributed by atoms with E-state index in [-0.39, 0.29) is 0 Å². The van der Waals surface area contributed by atoms with Crippen LogP contribution in [-0.4, -0.2) is 10.2 Å². The van der Waals surface area contributed by atoms with E-state index in [1.54, 1.807) is 12.3 Å². The molecule has 0 aliphatic heterocycles. The van der Waals surface area contributed by atoms with Crippen molar-refractivity contribution >= 4 is 16.8 Å². The van der Waals surface area contributed by atoms with Crippen LogP contribution in [0.1, 0.15) is 23.0 Å². The molecule has 0 radical (unpaired) electrons. The first kappa shape index (κ1) is 8.21. The Balaban J connectivity index is 3.01. The summed E-state index contributed by atoms with van der Waals surface area (Å²) in [7, 11) is 0. The molecule has 0 atom stereocenters. The molecular formula is C8H8ClNO. The highest BCUT2D eigenvalue weighted by Gasteiger charge is 2.02. The summed E-state index contributed by atoms with van der Waals surface area (Å²) >= 11 is 5.23. The van der Waals surface area contributed by atoms with Crippen LogP contribution in [-0.2, 0) is 6.42 Å². The Hall–Kier alpha value is -0.890. The molecule has 1 heterocycles. The summed E-state index contributed by atoms with van der Waals surface area (Å²) in [5, 5.41) is -0.500. The Bertz CT molecular complexity index is 273. The minimum Gasteiger partial charge on any atom is -0.274 e. The third-order valence-corrected chi connectivity index (χ3v) is 1.63. The molecule has 0 aliphatic rings. The van der Waals surface area contributed by atoms with Crippen molar-refractivity contribution in [1.29, 1.82) is 0 Å². The summed E-state index contributed by atoms with van der Waals surface area (Å²) in [5.74, 6) is 0. The van der Waals surface area contributed by atoms with Crippen LogP contribution in [0.5, 0.6) is 0 Å². The SMILES string of the molecule is CCc1ccnc(C(=O)Cl)c1. The molecule has 58 valence electrons. The second-order valence-electron chi connectivity index (χ2n) is 2.18. The largest absolute Gasteiger partial charge is 0.274 e. The van der Waals surface area contributed by atoms with Gasteiger partial charge >= 0.3 is 0 Å². The first-order chi connectivity index (χ1) is 5.24. The number of hydrogen-bond acceptors (Lipinski definition) is 2. The molecule has 0 saturated carbocycles. The first-order valence-corrected chi connectivity index (χ1v) is 3.76. The number of hydrogen-bond donors (Lipinski definition) is 0. The van der Waals surface area contributed by atoms with Gasteiger partial charge < -0.3 is 0 Å². The second kappa shape index (κ2) is 3.49. The molecule has 1 rings (SSSR count). The normalized spacial score (nSPS) is 9.64. The summed E-state index contributed by atoms with van der Waals surface area (Å²) in [6, 6.07) is 3.57. The van der Waals surface area contributed by atoms with Gasteiger partial charge in [-0.3, -0.25) is 9.78 Å². The van der Waals surface area contributed by atoms with Gasteiger partial charge in [-0.1, -0.05) is 6.92 Å². The summed E-state index contributed by atoms with van der Waals surface area (Å²) in [5.41, 5.74) is 1.40. The van der Waals surface area contributed by atoms with Crippen molar-refractivity contribution in [2.24, 2.45) is 0 Å². The summed E-state index contributed by atoms with van der Waals surface area (Å²) < 4.78 is 0. The van der Waals surface area contributed by atoms with Gasteiger partial charge in [0.25, 0.3) is 5.24 Å². The Morgan fingerprint density at radius 1 is 1.73 bits per heavy atom. The topological polar surface area (TPSA) is 30.0 Å². The number of carbonyl (C=O) groups excluding carboxylic acids is 1. The maximum absolute atomic E-state index is 10.6. The number of nitrogens with zero attached hydrogens (tertiary/aromatic N) is 1. The number of pyridine rings is 1. The van der Waals surface area contributed by atoms with Crippen molar-refractivity contribution < 1.29 is 4.79 Å². The van der Waals surface area contributed by atoms with Crippen molar-refractivity contribution in [3.8, 4) is 0 Å². The molecule has 0 fully saturated rings. The fraction of sp³-hybridized carbons (Fsp3) is 0.250. The highest BCUT2D eigenvalue weighted by Crippen LogP contribution is 2.04. The molecule has 0 unspecified atom stereocenters. The van der Waals surface area contributed by atoms with E-state index >= 15 is 0 Å². The van der Waals surface area contributed by atoms with E-state index in [4.69, 9.17) is 11.6 Å². The van der Waals surface area contributed by atoms with Crippen LogP contribution in [0.2, 0.25) is 0 Å².